The molecule has 3 nitrogen and oxygen atoms in total. The van der Waals surface area contributed by atoms with Gasteiger partial charge in [-0.1, -0.05) is 32.4 Å². The lowest BCUT2D eigenvalue weighted by Crippen LogP contribution is -2.29. The zero-order valence-electron chi connectivity index (χ0n) is 12.0. The molecule has 0 spiro atoms. The number of hydrogen-bond donors (Lipinski definition) is 1. The highest BCUT2D eigenvalue weighted by atomic mass is 16.2. The molecule has 1 saturated heterocycles. The van der Waals surface area contributed by atoms with Crippen molar-refractivity contribution in [3.05, 3.63) is 29.8 Å². The molecule has 104 valence electrons. The first-order valence-electron chi connectivity index (χ1n) is 7.38. The fraction of sp³-hybridized carbons (Fsp3) is 0.562. The first-order chi connectivity index (χ1) is 9.26. The van der Waals surface area contributed by atoms with Crippen molar-refractivity contribution < 1.29 is 4.79 Å². The number of rotatable bonds is 5. The van der Waals surface area contributed by atoms with Gasteiger partial charge in [0.05, 0.1) is 5.56 Å². The summed E-state index contributed by atoms with van der Waals surface area (Å²) in [7, 11) is 0. The Bertz CT molecular complexity index is 431. The second-order valence-corrected chi connectivity index (χ2v) is 5.29. The van der Waals surface area contributed by atoms with Gasteiger partial charge in [0, 0.05) is 25.3 Å². The van der Waals surface area contributed by atoms with Crippen LogP contribution >= 0.6 is 0 Å². The third-order valence-electron chi connectivity index (χ3n) is 3.87. The van der Waals surface area contributed by atoms with E-state index in [0.29, 0.717) is 5.92 Å². The van der Waals surface area contributed by atoms with Crippen molar-refractivity contribution in [1.29, 1.82) is 0 Å². The van der Waals surface area contributed by atoms with E-state index in [1.54, 1.807) is 0 Å². The Morgan fingerprint density at radius 1 is 1.37 bits per heavy atom. The lowest BCUT2D eigenvalue weighted by molar-refractivity contribution is 0.0788. The molecule has 1 aliphatic rings. The number of benzene rings is 1. The van der Waals surface area contributed by atoms with Gasteiger partial charge in [-0.15, -0.1) is 0 Å². The van der Waals surface area contributed by atoms with Crippen molar-refractivity contribution in [3.8, 4) is 0 Å². The monoisotopic (exact) mass is 260 g/mol. The molecule has 0 saturated carbocycles. The Morgan fingerprint density at radius 2 is 2.16 bits per heavy atom. The van der Waals surface area contributed by atoms with Crippen LogP contribution in [0.5, 0.6) is 0 Å². The van der Waals surface area contributed by atoms with E-state index in [0.717, 1.165) is 43.7 Å². The molecule has 3 heteroatoms. The van der Waals surface area contributed by atoms with E-state index in [2.05, 4.69) is 19.2 Å². The van der Waals surface area contributed by atoms with Gasteiger partial charge in [0.2, 0.25) is 0 Å². The summed E-state index contributed by atoms with van der Waals surface area (Å²) in [5.41, 5.74) is 1.78. The van der Waals surface area contributed by atoms with Crippen LogP contribution in [0.2, 0.25) is 0 Å². The van der Waals surface area contributed by atoms with E-state index in [1.807, 2.05) is 29.2 Å². The molecule has 19 heavy (non-hydrogen) atoms. The lowest BCUT2D eigenvalue weighted by atomic mass is 10.1. The summed E-state index contributed by atoms with van der Waals surface area (Å²) >= 11 is 0. The summed E-state index contributed by atoms with van der Waals surface area (Å²) in [6.45, 7) is 7.05. The molecule has 2 rings (SSSR count). The Kier molecular flexibility index (Phi) is 4.83. The number of anilines is 1. The first-order valence-corrected chi connectivity index (χ1v) is 7.38. The molecule has 1 unspecified atom stereocenters. The van der Waals surface area contributed by atoms with E-state index in [-0.39, 0.29) is 5.91 Å². The number of likely N-dealkylation sites (tertiary alicyclic amines) is 1. The van der Waals surface area contributed by atoms with Gasteiger partial charge < -0.3 is 10.2 Å². The minimum atomic E-state index is 0.176. The second kappa shape index (κ2) is 6.60. The molecule has 0 radical (unpaired) electrons. The number of hydrogen-bond acceptors (Lipinski definition) is 2. The average Bonchev–Trinajstić information content (AvgIpc) is 2.93. The minimum Gasteiger partial charge on any atom is -0.384 e. The third-order valence-corrected chi connectivity index (χ3v) is 3.87. The van der Waals surface area contributed by atoms with Crippen LogP contribution in [-0.4, -0.2) is 30.4 Å². The van der Waals surface area contributed by atoms with Crippen LogP contribution < -0.4 is 5.32 Å². The molecular formula is C16H24N2O. The zero-order valence-corrected chi connectivity index (χ0v) is 12.0. The van der Waals surface area contributed by atoms with Gasteiger partial charge >= 0.3 is 0 Å². The summed E-state index contributed by atoms with van der Waals surface area (Å²) < 4.78 is 0. The van der Waals surface area contributed by atoms with Crippen molar-refractivity contribution >= 4 is 11.6 Å². The Balaban J connectivity index is 2.10. The standard InChI is InChI=1S/C16H24N2O/c1-3-10-17-15-8-6-5-7-14(15)16(19)18-11-9-13(4-2)12-18/h5-8,13,17H,3-4,9-12H2,1-2H3. The normalized spacial score (nSPS) is 18.6. The van der Waals surface area contributed by atoms with E-state index in [4.69, 9.17) is 0 Å². The molecule has 1 aromatic rings. The summed E-state index contributed by atoms with van der Waals surface area (Å²) in [4.78, 5) is 14.6. The smallest absolute Gasteiger partial charge is 0.255 e. The van der Waals surface area contributed by atoms with Crippen LogP contribution in [0, 0.1) is 5.92 Å². The van der Waals surface area contributed by atoms with Crippen molar-refractivity contribution in [1.82, 2.24) is 4.90 Å². The van der Waals surface area contributed by atoms with E-state index in [9.17, 15) is 4.79 Å². The molecule has 0 aliphatic carbocycles. The van der Waals surface area contributed by atoms with Crippen LogP contribution in [0.25, 0.3) is 0 Å². The summed E-state index contributed by atoms with van der Waals surface area (Å²) in [5, 5.41) is 3.34. The number of nitrogens with zero attached hydrogens (tertiary/aromatic N) is 1. The highest BCUT2D eigenvalue weighted by Crippen LogP contribution is 2.24. The van der Waals surface area contributed by atoms with Gasteiger partial charge in [0.1, 0.15) is 0 Å². The summed E-state index contributed by atoms with van der Waals surface area (Å²) in [6.07, 6.45) is 3.37. The number of amides is 1. The van der Waals surface area contributed by atoms with Crippen LogP contribution in [0.1, 0.15) is 43.5 Å². The quantitative estimate of drug-likeness (QED) is 0.880. The number of para-hydroxylation sites is 1. The van der Waals surface area contributed by atoms with Crippen molar-refractivity contribution in [2.75, 3.05) is 25.0 Å². The molecule has 1 aliphatic heterocycles. The SMILES string of the molecule is CCCNc1ccccc1C(=O)N1CCC(CC)C1. The predicted octanol–water partition coefficient (Wildman–Crippen LogP) is 3.38. The minimum absolute atomic E-state index is 0.176. The number of carbonyl (C=O) groups excluding carboxylic acids is 1. The molecule has 1 atom stereocenters. The maximum absolute atomic E-state index is 12.6. The highest BCUT2D eigenvalue weighted by molar-refractivity contribution is 5.99. The average molecular weight is 260 g/mol. The molecule has 1 fully saturated rings. The molecule has 0 aromatic heterocycles. The maximum Gasteiger partial charge on any atom is 0.255 e. The van der Waals surface area contributed by atoms with Gasteiger partial charge in [-0.2, -0.15) is 0 Å². The maximum atomic E-state index is 12.6. The van der Waals surface area contributed by atoms with Crippen LogP contribution in [-0.2, 0) is 0 Å². The fourth-order valence-electron chi connectivity index (χ4n) is 2.60. The van der Waals surface area contributed by atoms with Crippen LogP contribution in [0.4, 0.5) is 5.69 Å². The molecule has 1 aromatic carbocycles. The predicted molar refractivity (Wildman–Crippen MR) is 79.5 cm³/mol. The molecular weight excluding hydrogens is 236 g/mol. The van der Waals surface area contributed by atoms with Crippen molar-refractivity contribution in [2.45, 2.75) is 33.1 Å². The number of carbonyl (C=O) groups is 1. The van der Waals surface area contributed by atoms with Crippen LogP contribution in [0.15, 0.2) is 24.3 Å². The Hall–Kier alpha value is -1.51. The molecule has 0 bridgehead atoms. The highest BCUT2D eigenvalue weighted by Gasteiger charge is 2.26. The number of nitrogens with one attached hydrogen (secondary N) is 1. The topological polar surface area (TPSA) is 32.3 Å². The first kappa shape index (κ1) is 13.9. The molecule has 1 heterocycles. The second-order valence-electron chi connectivity index (χ2n) is 5.29. The van der Waals surface area contributed by atoms with E-state index < -0.39 is 0 Å². The van der Waals surface area contributed by atoms with Gasteiger partial charge in [-0.25, -0.2) is 0 Å². The van der Waals surface area contributed by atoms with Crippen molar-refractivity contribution in [2.24, 2.45) is 5.92 Å². The molecule has 1 amide bonds. The van der Waals surface area contributed by atoms with E-state index in [1.165, 1.54) is 6.42 Å². The fourth-order valence-corrected chi connectivity index (χ4v) is 2.60. The summed E-state index contributed by atoms with van der Waals surface area (Å²) in [5.74, 6) is 0.856. The Labute approximate surface area is 116 Å². The van der Waals surface area contributed by atoms with Gasteiger partial charge in [-0.05, 0) is 30.9 Å². The lowest BCUT2D eigenvalue weighted by Gasteiger charge is -2.19. The van der Waals surface area contributed by atoms with Gasteiger partial charge in [0.15, 0.2) is 0 Å². The van der Waals surface area contributed by atoms with Crippen molar-refractivity contribution in [3.63, 3.8) is 0 Å². The molecule has 1 N–H and O–H groups in total. The van der Waals surface area contributed by atoms with Gasteiger partial charge in [0.25, 0.3) is 5.91 Å². The van der Waals surface area contributed by atoms with E-state index >= 15 is 0 Å². The van der Waals surface area contributed by atoms with Gasteiger partial charge in [-0.3, -0.25) is 4.79 Å². The largest absolute Gasteiger partial charge is 0.384 e. The summed E-state index contributed by atoms with van der Waals surface area (Å²) in [6, 6.07) is 7.85. The zero-order chi connectivity index (χ0) is 13.7. The third kappa shape index (κ3) is 3.28. The Morgan fingerprint density at radius 3 is 2.84 bits per heavy atom. The van der Waals surface area contributed by atoms with Crippen LogP contribution in [0.3, 0.4) is 0 Å².